The number of aliphatic hydroxyl groups excluding tert-OH is 1. The number of hydrogen-bond acceptors (Lipinski definition) is 7. The first-order chi connectivity index (χ1) is 21.8. The predicted molar refractivity (Wildman–Crippen MR) is 183 cm³/mol. The van der Waals surface area contributed by atoms with Gasteiger partial charge in [-0.05, 0) is 38.5 Å². The summed E-state index contributed by atoms with van der Waals surface area (Å²) in [7, 11) is -4.40. The first-order valence-corrected chi connectivity index (χ1v) is 19.3. The molecule has 45 heavy (non-hydrogen) atoms. The van der Waals surface area contributed by atoms with Crippen LogP contribution in [0.2, 0.25) is 0 Å². The van der Waals surface area contributed by atoms with Crippen molar-refractivity contribution in [3.05, 3.63) is 24.3 Å². The maximum Gasteiger partial charge on any atom is 0.472 e. The van der Waals surface area contributed by atoms with E-state index in [-0.39, 0.29) is 32.1 Å². The van der Waals surface area contributed by atoms with Gasteiger partial charge in [0.2, 0.25) is 5.91 Å². The van der Waals surface area contributed by atoms with E-state index < -0.39 is 26.5 Å². The van der Waals surface area contributed by atoms with Gasteiger partial charge in [0.1, 0.15) is 12.7 Å². The van der Waals surface area contributed by atoms with Gasteiger partial charge in [0.15, 0.2) is 0 Å². The first-order valence-electron chi connectivity index (χ1n) is 17.8. The zero-order chi connectivity index (χ0) is 33.3. The minimum Gasteiger partial charge on any atom is -0.463 e. The van der Waals surface area contributed by atoms with E-state index in [1.54, 1.807) is 0 Å². The molecule has 0 aromatic carbocycles. The van der Waals surface area contributed by atoms with Crippen molar-refractivity contribution in [2.75, 3.05) is 26.4 Å². The Kier molecular flexibility index (Phi) is 31.3. The molecule has 0 saturated heterocycles. The topological polar surface area (TPSA) is 131 Å². The average Bonchev–Trinajstić information content (AvgIpc) is 3.02. The van der Waals surface area contributed by atoms with Crippen molar-refractivity contribution < 1.29 is 37.9 Å². The Balaban J connectivity index is 3.66. The second-order valence-corrected chi connectivity index (χ2v) is 13.3. The highest BCUT2D eigenvalue weighted by Crippen LogP contribution is 2.42. The molecule has 0 heterocycles. The van der Waals surface area contributed by atoms with Gasteiger partial charge in [-0.25, -0.2) is 4.57 Å². The molecule has 0 aromatic rings. The Morgan fingerprint density at radius 3 is 1.87 bits per heavy atom. The molecule has 0 saturated carbocycles. The minimum atomic E-state index is -4.40. The number of aliphatic hydroxyl groups is 1. The summed E-state index contributed by atoms with van der Waals surface area (Å²) in [6.07, 6.45) is 31.0. The van der Waals surface area contributed by atoms with E-state index in [2.05, 4.69) is 43.5 Å². The number of phosphoric ester groups is 1. The maximum absolute atomic E-state index is 12.0. The van der Waals surface area contributed by atoms with Gasteiger partial charge in [0.25, 0.3) is 0 Å². The second kappa shape index (κ2) is 32.4. The number of hydrogen-bond donors (Lipinski definition) is 3. The standard InChI is InChI=1S/C35H66NO8P/c1-3-5-7-9-11-13-15-16-18-20-22-24-26-28-35(39)42-31-33(37)32-44-45(40,41)43-30-29-36-34(38)27-25-23-21-19-17-14-12-10-8-6-4-2/h7,9,13,15,33,37H,3-6,8,10-12,14,16-32H2,1-2H3,(H,36,38)(H,40,41)/b9-7-,15-13-. The molecule has 0 aromatic heterocycles. The quantitative estimate of drug-likeness (QED) is 0.0276. The number of amides is 1. The van der Waals surface area contributed by atoms with Crippen LogP contribution in [0.3, 0.4) is 0 Å². The number of unbranched alkanes of at least 4 members (excludes halogenated alkanes) is 16. The highest BCUT2D eigenvalue weighted by atomic mass is 31.2. The number of rotatable bonds is 33. The fraction of sp³-hybridized carbons (Fsp3) is 0.829. The Morgan fingerprint density at radius 1 is 0.689 bits per heavy atom. The number of esters is 1. The molecule has 2 atom stereocenters. The van der Waals surface area contributed by atoms with Gasteiger partial charge < -0.3 is 20.1 Å². The number of phosphoric acid groups is 1. The lowest BCUT2D eigenvalue weighted by molar-refractivity contribution is -0.147. The molecule has 2 unspecified atom stereocenters. The Labute approximate surface area is 274 Å². The molecule has 0 aliphatic rings. The highest BCUT2D eigenvalue weighted by molar-refractivity contribution is 7.47. The predicted octanol–water partition coefficient (Wildman–Crippen LogP) is 8.87. The summed E-state index contributed by atoms with van der Waals surface area (Å²) in [5.74, 6) is -0.532. The molecule has 0 bridgehead atoms. The van der Waals surface area contributed by atoms with Gasteiger partial charge in [0, 0.05) is 19.4 Å². The van der Waals surface area contributed by atoms with Crippen molar-refractivity contribution in [3.63, 3.8) is 0 Å². The number of ether oxygens (including phenoxy) is 1. The smallest absolute Gasteiger partial charge is 0.463 e. The molecule has 264 valence electrons. The van der Waals surface area contributed by atoms with E-state index in [4.69, 9.17) is 13.8 Å². The van der Waals surface area contributed by atoms with Crippen LogP contribution < -0.4 is 5.32 Å². The third kappa shape index (κ3) is 33.7. The molecule has 0 aliphatic carbocycles. The average molecular weight is 660 g/mol. The van der Waals surface area contributed by atoms with Gasteiger partial charge in [-0.3, -0.25) is 18.6 Å². The van der Waals surface area contributed by atoms with Crippen LogP contribution in [-0.2, 0) is 27.9 Å². The van der Waals surface area contributed by atoms with Crippen LogP contribution in [0, 0.1) is 0 Å². The van der Waals surface area contributed by atoms with E-state index in [0.29, 0.717) is 6.42 Å². The lowest BCUT2D eigenvalue weighted by Gasteiger charge is -2.15. The number of carbonyl (C=O) groups is 2. The zero-order valence-corrected chi connectivity index (χ0v) is 29.5. The number of allylic oxidation sites excluding steroid dienone is 4. The Bertz CT molecular complexity index is 805. The van der Waals surface area contributed by atoms with Crippen LogP contribution in [0.1, 0.15) is 155 Å². The molecule has 1 amide bonds. The van der Waals surface area contributed by atoms with Crippen molar-refractivity contribution in [1.29, 1.82) is 0 Å². The van der Waals surface area contributed by atoms with Crippen LogP contribution in [0.5, 0.6) is 0 Å². The molecule has 9 nitrogen and oxygen atoms in total. The molecule has 3 N–H and O–H groups in total. The number of carbonyl (C=O) groups excluding carboxylic acids is 2. The summed E-state index contributed by atoms with van der Waals surface area (Å²) in [4.78, 5) is 33.6. The van der Waals surface area contributed by atoms with Crippen LogP contribution in [0.4, 0.5) is 0 Å². The molecular weight excluding hydrogens is 593 g/mol. The van der Waals surface area contributed by atoms with Crippen LogP contribution in [0.25, 0.3) is 0 Å². The molecule has 0 aliphatic heterocycles. The van der Waals surface area contributed by atoms with Crippen molar-refractivity contribution >= 4 is 19.7 Å². The summed E-state index contributed by atoms with van der Waals surface area (Å²) in [5, 5.41) is 12.6. The molecule has 0 fully saturated rings. The van der Waals surface area contributed by atoms with Gasteiger partial charge in [-0.1, -0.05) is 128 Å². The van der Waals surface area contributed by atoms with Crippen LogP contribution >= 0.6 is 7.82 Å². The third-order valence-electron chi connectivity index (χ3n) is 7.37. The monoisotopic (exact) mass is 659 g/mol. The first kappa shape index (κ1) is 43.5. The van der Waals surface area contributed by atoms with Gasteiger partial charge >= 0.3 is 13.8 Å². The van der Waals surface area contributed by atoms with E-state index in [1.165, 1.54) is 57.8 Å². The lowest BCUT2D eigenvalue weighted by atomic mass is 10.1. The second-order valence-electron chi connectivity index (χ2n) is 11.8. The molecule has 10 heteroatoms. The summed E-state index contributed by atoms with van der Waals surface area (Å²) in [6.45, 7) is 3.45. The fourth-order valence-corrected chi connectivity index (χ4v) is 5.41. The summed E-state index contributed by atoms with van der Waals surface area (Å²) in [5.41, 5.74) is 0. The fourth-order valence-electron chi connectivity index (χ4n) is 4.65. The lowest BCUT2D eigenvalue weighted by Crippen LogP contribution is -2.27. The SMILES string of the molecule is CCC/C=C\C/C=C\CCCCCCCC(=O)OCC(O)COP(=O)(O)OCCNC(=O)CCCCCCCCCCCCC. The summed E-state index contributed by atoms with van der Waals surface area (Å²) >= 11 is 0. The van der Waals surface area contributed by atoms with Gasteiger partial charge in [-0.15, -0.1) is 0 Å². The molecule has 0 rings (SSSR count). The zero-order valence-electron chi connectivity index (χ0n) is 28.6. The van der Waals surface area contributed by atoms with E-state index in [0.717, 1.165) is 70.6 Å². The van der Waals surface area contributed by atoms with Crippen LogP contribution in [0.15, 0.2) is 24.3 Å². The molecular formula is C35H66NO8P. The highest BCUT2D eigenvalue weighted by Gasteiger charge is 2.23. The van der Waals surface area contributed by atoms with Crippen LogP contribution in [-0.4, -0.2) is 54.3 Å². The largest absolute Gasteiger partial charge is 0.472 e. The van der Waals surface area contributed by atoms with Crippen molar-refractivity contribution in [1.82, 2.24) is 5.32 Å². The molecule has 0 spiro atoms. The third-order valence-corrected chi connectivity index (χ3v) is 8.35. The molecule has 0 radical (unpaired) electrons. The van der Waals surface area contributed by atoms with E-state index in [1.807, 2.05) is 0 Å². The normalized spacial score (nSPS) is 13.8. The van der Waals surface area contributed by atoms with Gasteiger partial charge in [-0.2, -0.15) is 0 Å². The van der Waals surface area contributed by atoms with Crippen molar-refractivity contribution in [3.8, 4) is 0 Å². The Hall–Kier alpha value is -1.51. The summed E-state index contributed by atoms with van der Waals surface area (Å²) < 4.78 is 26.7. The minimum absolute atomic E-state index is 0.0823. The van der Waals surface area contributed by atoms with E-state index >= 15 is 0 Å². The maximum atomic E-state index is 12.0. The summed E-state index contributed by atoms with van der Waals surface area (Å²) in [6, 6.07) is 0. The Morgan fingerprint density at radius 2 is 1.24 bits per heavy atom. The van der Waals surface area contributed by atoms with Gasteiger partial charge in [0.05, 0.1) is 13.2 Å². The van der Waals surface area contributed by atoms with Crippen molar-refractivity contribution in [2.45, 2.75) is 161 Å². The number of nitrogens with one attached hydrogen (secondary N) is 1. The van der Waals surface area contributed by atoms with Crippen molar-refractivity contribution in [2.24, 2.45) is 0 Å². The van der Waals surface area contributed by atoms with E-state index in [9.17, 15) is 24.2 Å².